The number of nitriles is 1. The number of nitrogens with one attached hydrogen (secondary N) is 1. The van der Waals surface area contributed by atoms with Crippen molar-refractivity contribution >= 4 is 78.9 Å². The predicted octanol–water partition coefficient (Wildman–Crippen LogP) is 4.23. The lowest BCUT2D eigenvalue weighted by Gasteiger charge is -2.29. The molecule has 3 N–H and O–H groups in total. The molecule has 11 heteroatoms. The molecule has 0 unspecified atom stereocenters. The molecule has 2 aromatic carbocycles. The third kappa shape index (κ3) is 3.46. The summed E-state index contributed by atoms with van der Waals surface area (Å²) >= 11 is 13.1. The van der Waals surface area contributed by atoms with Gasteiger partial charge in [0.05, 0.1) is 26.5 Å². The lowest BCUT2D eigenvalue weighted by molar-refractivity contribution is -0.120. The summed E-state index contributed by atoms with van der Waals surface area (Å²) < 4.78 is 0.845. The van der Waals surface area contributed by atoms with Gasteiger partial charge in [-0.15, -0.1) is 0 Å². The van der Waals surface area contributed by atoms with Crippen molar-refractivity contribution in [3.63, 3.8) is 0 Å². The third-order valence-corrected chi connectivity index (χ3v) is 6.49. The summed E-state index contributed by atoms with van der Waals surface area (Å²) in [6, 6.07) is 11.5. The van der Waals surface area contributed by atoms with E-state index < -0.39 is 11.6 Å². The van der Waals surface area contributed by atoms with E-state index in [9.17, 15) is 9.59 Å². The van der Waals surface area contributed by atoms with Gasteiger partial charge in [-0.2, -0.15) is 5.26 Å². The van der Waals surface area contributed by atoms with Crippen LogP contribution in [0.4, 0.5) is 21.3 Å². The number of fused-ring (bicyclic) bond motifs is 1. The molecule has 1 saturated heterocycles. The molecule has 0 aliphatic carbocycles. The van der Waals surface area contributed by atoms with E-state index in [1.807, 2.05) is 18.2 Å². The number of thiocarbonyl (C=S) groups is 1. The number of amides is 3. The molecule has 31 heavy (non-hydrogen) atoms. The molecule has 1 fully saturated rings. The van der Waals surface area contributed by atoms with Crippen LogP contribution in [0, 0.1) is 11.3 Å². The number of anilines is 3. The average Bonchev–Trinajstić information content (AvgIpc) is 3.16. The minimum atomic E-state index is -0.977. The van der Waals surface area contributed by atoms with Crippen LogP contribution in [0.1, 0.15) is 19.4 Å². The quantitative estimate of drug-likeness (QED) is 0.553. The Labute approximate surface area is 191 Å². The van der Waals surface area contributed by atoms with Crippen LogP contribution in [-0.2, 0) is 4.79 Å². The van der Waals surface area contributed by atoms with Crippen molar-refractivity contribution in [2.75, 3.05) is 15.1 Å². The first-order valence-corrected chi connectivity index (χ1v) is 10.6. The lowest BCUT2D eigenvalue weighted by atomic mass is 10.0. The molecule has 4 rings (SSSR count). The van der Waals surface area contributed by atoms with E-state index >= 15 is 0 Å². The fraction of sp³-hybridized carbons (Fsp3) is 0.150. The van der Waals surface area contributed by atoms with Gasteiger partial charge in [0.25, 0.3) is 5.91 Å². The van der Waals surface area contributed by atoms with Gasteiger partial charge in [-0.05, 0) is 62.5 Å². The highest BCUT2D eigenvalue weighted by Gasteiger charge is 2.50. The molecule has 1 aromatic heterocycles. The summed E-state index contributed by atoms with van der Waals surface area (Å²) in [4.78, 5) is 31.9. The zero-order valence-electron chi connectivity index (χ0n) is 16.3. The molecule has 0 radical (unpaired) electrons. The average molecular weight is 471 g/mol. The fourth-order valence-electron chi connectivity index (χ4n) is 3.40. The summed E-state index contributed by atoms with van der Waals surface area (Å²) in [7, 11) is 0. The summed E-state index contributed by atoms with van der Waals surface area (Å²) in [5.74, 6) is -0.229. The van der Waals surface area contributed by atoms with Crippen LogP contribution in [0.2, 0.25) is 5.02 Å². The number of primary amides is 1. The number of benzene rings is 2. The molecular formula is C20H15ClN6O2S2. The van der Waals surface area contributed by atoms with Crippen LogP contribution < -0.4 is 20.9 Å². The van der Waals surface area contributed by atoms with Crippen LogP contribution in [0.15, 0.2) is 36.4 Å². The minimum Gasteiger partial charge on any atom is -0.351 e. The SMILES string of the molecule is CC1(C)C(=O)N(c2ccc(C#N)c(Cl)c2)C(=S)N1c1ccc2sc(NC(N)=O)nc2c1. The Morgan fingerprint density at radius 1 is 1.29 bits per heavy atom. The summed E-state index contributed by atoms with van der Waals surface area (Å²) in [6.45, 7) is 3.55. The second-order valence-corrected chi connectivity index (χ2v) is 9.06. The van der Waals surface area contributed by atoms with Gasteiger partial charge in [0.15, 0.2) is 10.2 Å². The van der Waals surface area contributed by atoms with Crippen molar-refractivity contribution < 1.29 is 9.59 Å². The molecule has 0 bridgehead atoms. The number of rotatable bonds is 3. The van der Waals surface area contributed by atoms with E-state index in [2.05, 4.69) is 10.3 Å². The monoisotopic (exact) mass is 470 g/mol. The fourth-order valence-corrected chi connectivity index (χ4v) is 4.99. The molecule has 8 nitrogen and oxygen atoms in total. The topological polar surface area (TPSA) is 115 Å². The maximum Gasteiger partial charge on any atom is 0.318 e. The Morgan fingerprint density at radius 3 is 2.65 bits per heavy atom. The molecule has 0 atom stereocenters. The van der Waals surface area contributed by atoms with Gasteiger partial charge in [0.1, 0.15) is 11.6 Å². The Balaban J connectivity index is 1.75. The van der Waals surface area contributed by atoms with Crippen molar-refractivity contribution in [1.82, 2.24) is 4.98 Å². The van der Waals surface area contributed by atoms with Gasteiger partial charge in [-0.25, -0.2) is 9.78 Å². The maximum absolute atomic E-state index is 13.3. The van der Waals surface area contributed by atoms with Crippen molar-refractivity contribution in [1.29, 1.82) is 5.26 Å². The molecule has 0 saturated carbocycles. The van der Waals surface area contributed by atoms with Crippen molar-refractivity contribution in [3.05, 3.63) is 47.0 Å². The van der Waals surface area contributed by atoms with Crippen molar-refractivity contribution in [3.8, 4) is 6.07 Å². The van der Waals surface area contributed by atoms with Crippen LogP contribution >= 0.6 is 35.2 Å². The van der Waals surface area contributed by atoms with E-state index in [0.717, 1.165) is 4.70 Å². The molecule has 0 spiro atoms. The number of aromatic nitrogens is 1. The van der Waals surface area contributed by atoms with Crippen LogP contribution in [0.5, 0.6) is 0 Å². The number of nitrogens with zero attached hydrogens (tertiary/aromatic N) is 4. The van der Waals surface area contributed by atoms with Gasteiger partial charge in [0.2, 0.25) is 0 Å². The number of nitrogens with two attached hydrogens (primary N) is 1. The molecule has 3 aromatic rings. The predicted molar refractivity (Wildman–Crippen MR) is 126 cm³/mol. The third-order valence-electron chi connectivity index (χ3n) is 4.86. The second kappa shape index (κ2) is 7.46. The Morgan fingerprint density at radius 2 is 2.00 bits per heavy atom. The Bertz CT molecular complexity index is 1310. The zero-order chi connectivity index (χ0) is 22.5. The minimum absolute atomic E-state index is 0.229. The van der Waals surface area contributed by atoms with Crippen LogP contribution in [0.25, 0.3) is 10.2 Å². The highest BCUT2D eigenvalue weighted by molar-refractivity contribution is 7.81. The molecule has 156 valence electrons. The highest BCUT2D eigenvalue weighted by atomic mass is 35.5. The normalized spacial score (nSPS) is 15.4. The van der Waals surface area contributed by atoms with E-state index in [-0.39, 0.29) is 16.0 Å². The first kappa shape index (κ1) is 21.0. The summed E-state index contributed by atoms with van der Waals surface area (Å²) in [6.07, 6.45) is 0. The maximum atomic E-state index is 13.3. The first-order chi connectivity index (χ1) is 14.6. The first-order valence-electron chi connectivity index (χ1n) is 8.99. The molecule has 3 amide bonds. The van der Waals surface area contributed by atoms with E-state index in [0.29, 0.717) is 27.6 Å². The standard InChI is InChI=1S/C20H15ClN6O2S2/c1-20(2)16(28)26(11-4-3-10(9-22)13(21)7-11)19(30)27(20)12-5-6-15-14(8-12)24-18(31-15)25-17(23)29/h3-8H,1-2H3,(H3,23,24,25,29). The largest absolute Gasteiger partial charge is 0.351 e. The highest BCUT2D eigenvalue weighted by Crippen LogP contribution is 2.39. The van der Waals surface area contributed by atoms with Crippen LogP contribution in [-0.4, -0.2) is 27.6 Å². The van der Waals surface area contributed by atoms with Gasteiger partial charge in [-0.3, -0.25) is 15.0 Å². The summed E-state index contributed by atoms with van der Waals surface area (Å²) in [5.41, 5.74) is 6.30. The summed E-state index contributed by atoms with van der Waals surface area (Å²) in [5, 5.41) is 12.5. The van der Waals surface area contributed by atoms with Crippen molar-refractivity contribution in [2.24, 2.45) is 5.73 Å². The second-order valence-electron chi connectivity index (χ2n) is 7.25. The number of hydrogen-bond acceptors (Lipinski definition) is 6. The number of hydrogen-bond donors (Lipinski definition) is 2. The van der Waals surface area contributed by atoms with E-state index in [4.69, 9.17) is 34.8 Å². The Kier molecular flexibility index (Phi) is 5.05. The molecule has 2 heterocycles. The van der Waals surface area contributed by atoms with Crippen LogP contribution in [0.3, 0.4) is 0 Å². The van der Waals surface area contributed by atoms with E-state index in [1.165, 1.54) is 16.2 Å². The van der Waals surface area contributed by atoms with Gasteiger partial charge >= 0.3 is 6.03 Å². The number of thiazole rings is 1. The molecule has 1 aliphatic heterocycles. The number of carbonyl (C=O) groups is 2. The van der Waals surface area contributed by atoms with Gasteiger partial charge < -0.3 is 10.6 Å². The number of carbonyl (C=O) groups excluding carboxylic acids is 2. The molecular weight excluding hydrogens is 456 g/mol. The van der Waals surface area contributed by atoms with Crippen molar-refractivity contribution in [2.45, 2.75) is 19.4 Å². The number of halogens is 1. The van der Waals surface area contributed by atoms with E-state index in [1.54, 1.807) is 43.0 Å². The number of urea groups is 1. The van der Waals surface area contributed by atoms with Gasteiger partial charge in [0, 0.05) is 5.69 Å². The van der Waals surface area contributed by atoms with Gasteiger partial charge in [-0.1, -0.05) is 22.9 Å². The smallest absolute Gasteiger partial charge is 0.318 e. The molecule has 1 aliphatic rings. The Hall–Kier alpha value is -3.26. The zero-order valence-corrected chi connectivity index (χ0v) is 18.7. The lowest BCUT2D eigenvalue weighted by Crippen LogP contribution is -2.44.